The number of sulfone groups is 1. The van der Waals surface area contributed by atoms with Crippen molar-refractivity contribution in [2.45, 2.75) is 17.9 Å². The molecule has 1 unspecified atom stereocenters. The molecule has 166 valence electrons. The van der Waals surface area contributed by atoms with Gasteiger partial charge < -0.3 is 14.6 Å². The van der Waals surface area contributed by atoms with E-state index in [0.717, 1.165) is 24.5 Å². The van der Waals surface area contributed by atoms with Gasteiger partial charge in [0.2, 0.25) is 6.10 Å². The van der Waals surface area contributed by atoms with Gasteiger partial charge in [-0.15, -0.1) is 0 Å². The molecule has 0 aliphatic heterocycles. The standard InChI is InChI=1S/C20H17N3O8S/c1-12-10-17(22-31-12)21-19(24)18(13-6-4-3-5-7-13)30-20(25)14-8-9-16(32(2,28)29)15(11-14)23(26)27/h3-11,18H,1-2H3,(H,21,22,24). The van der Waals surface area contributed by atoms with E-state index in [-0.39, 0.29) is 11.4 Å². The van der Waals surface area contributed by atoms with Crippen LogP contribution in [-0.4, -0.2) is 36.6 Å². The number of ether oxygens (including phenoxy) is 1. The Bertz CT molecular complexity index is 1290. The fourth-order valence-corrected chi connectivity index (χ4v) is 3.62. The molecular weight excluding hydrogens is 442 g/mol. The monoisotopic (exact) mass is 459 g/mol. The van der Waals surface area contributed by atoms with E-state index in [1.165, 1.54) is 6.07 Å². The van der Waals surface area contributed by atoms with Crippen LogP contribution in [0.4, 0.5) is 11.5 Å². The molecule has 1 aromatic heterocycles. The number of nitrogens with one attached hydrogen (secondary N) is 1. The number of aryl methyl sites for hydroxylation is 1. The second kappa shape index (κ2) is 8.98. The molecule has 0 aliphatic rings. The van der Waals surface area contributed by atoms with Crippen molar-refractivity contribution in [3.63, 3.8) is 0 Å². The van der Waals surface area contributed by atoms with Gasteiger partial charge in [-0.3, -0.25) is 14.9 Å². The van der Waals surface area contributed by atoms with Gasteiger partial charge in [-0.2, -0.15) is 0 Å². The van der Waals surface area contributed by atoms with Crippen LogP contribution in [0, 0.1) is 17.0 Å². The molecule has 0 radical (unpaired) electrons. The maximum atomic E-state index is 12.8. The average Bonchev–Trinajstić information content (AvgIpc) is 3.15. The largest absolute Gasteiger partial charge is 0.444 e. The van der Waals surface area contributed by atoms with Gasteiger partial charge in [-0.25, -0.2) is 13.2 Å². The topological polar surface area (TPSA) is 159 Å². The Morgan fingerprint density at radius 3 is 2.41 bits per heavy atom. The van der Waals surface area contributed by atoms with Gasteiger partial charge in [0.05, 0.1) is 10.5 Å². The van der Waals surface area contributed by atoms with E-state index < -0.39 is 43.3 Å². The summed E-state index contributed by atoms with van der Waals surface area (Å²) in [4.78, 5) is 35.4. The van der Waals surface area contributed by atoms with E-state index in [9.17, 15) is 28.1 Å². The van der Waals surface area contributed by atoms with Gasteiger partial charge in [-0.1, -0.05) is 35.5 Å². The number of carbonyl (C=O) groups excluding carboxylic acids is 2. The van der Waals surface area contributed by atoms with Crippen LogP contribution in [0.1, 0.15) is 27.8 Å². The Hall–Kier alpha value is -4.06. The maximum Gasteiger partial charge on any atom is 0.339 e. The number of esters is 1. The van der Waals surface area contributed by atoms with E-state index in [2.05, 4.69) is 10.5 Å². The zero-order valence-corrected chi connectivity index (χ0v) is 17.7. The number of rotatable bonds is 7. The molecule has 11 nitrogen and oxygen atoms in total. The quantitative estimate of drug-likeness (QED) is 0.318. The molecule has 2 aromatic carbocycles. The third-order valence-electron chi connectivity index (χ3n) is 4.24. The molecule has 0 saturated carbocycles. The van der Waals surface area contributed by atoms with Crippen LogP contribution in [0.25, 0.3) is 0 Å². The number of anilines is 1. The van der Waals surface area contributed by atoms with E-state index in [1.807, 2.05) is 0 Å². The van der Waals surface area contributed by atoms with Crippen molar-refractivity contribution in [2.24, 2.45) is 0 Å². The minimum atomic E-state index is -3.91. The molecule has 3 aromatic rings. The highest BCUT2D eigenvalue weighted by Gasteiger charge is 2.29. The summed E-state index contributed by atoms with van der Waals surface area (Å²) in [6, 6.07) is 12.4. The predicted molar refractivity (Wildman–Crippen MR) is 111 cm³/mol. The Morgan fingerprint density at radius 1 is 1.16 bits per heavy atom. The number of carbonyl (C=O) groups is 2. The summed E-state index contributed by atoms with van der Waals surface area (Å²) in [6.07, 6.45) is -0.608. The van der Waals surface area contributed by atoms with Gasteiger partial charge in [0.15, 0.2) is 15.7 Å². The van der Waals surface area contributed by atoms with Crippen molar-refractivity contribution in [1.82, 2.24) is 5.16 Å². The van der Waals surface area contributed by atoms with Crippen LogP contribution in [-0.2, 0) is 19.4 Å². The van der Waals surface area contributed by atoms with E-state index in [1.54, 1.807) is 37.3 Å². The highest BCUT2D eigenvalue weighted by Crippen LogP contribution is 2.27. The number of amides is 1. The molecule has 0 saturated heterocycles. The predicted octanol–water partition coefficient (Wildman–Crippen LogP) is 2.83. The lowest BCUT2D eigenvalue weighted by Gasteiger charge is -2.17. The number of hydrogen-bond donors (Lipinski definition) is 1. The lowest BCUT2D eigenvalue weighted by molar-refractivity contribution is -0.387. The second-order valence-electron chi connectivity index (χ2n) is 6.72. The average molecular weight is 459 g/mol. The normalized spacial score (nSPS) is 12.1. The van der Waals surface area contributed by atoms with Gasteiger partial charge >= 0.3 is 5.97 Å². The molecule has 0 bridgehead atoms. The van der Waals surface area contributed by atoms with Crippen molar-refractivity contribution >= 4 is 33.2 Å². The maximum absolute atomic E-state index is 12.8. The number of nitro benzene ring substituents is 1. The molecule has 32 heavy (non-hydrogen) atoms. The van der Waals surface area contributed by atoms with Gasteiger partial charge in [0, 0.05) is 24.0 Å². The van der Waals surface area contributed by atoms with Crippen molar-refractivity contribution in [3.8, 4) is 0 Å². The molecule has 1 atom stereocenters. The van der Waals surface area contributed by atoms with E-state index in [0.29, 0.717) is 11.3 Å². The molecular formula is C20H17N3O8S. The molecule has 0 fully saturated rings. The molecule has 1 heterocycles. The highest BCUT2D eigenvalue weighted by molar-refractivity contribution is 7.90. The summed E-state index contributed by atoms with van der Waals surface area (Å²) in [6.45, 7) is 1.63. The van der Waals surface area contributed by atoms with Crippen molar-refractivity contribution in [1.29, 1.82) is 0 Å². The Labute approximate surface area is 182 Å². The minimum Gasteiger partial charge on any atom is -0.444 e. The number of aromatic nitrogens is 1. The molecule has 1 amide bonds. The number of nitrogens with zero attached hydrogens (tertiary/aromatic N) is 2. The number of hydrogen-bond acceptors (Lipinski definition) is 9. The van der Waals surface area contributed by atoms with Gasteiger partial charge in [-0.05, 0) is 19.1 Å². The summed E-state index contributed by atoms with van der Waals surface area (Å²) in [7, 11) is -3.91. The van der Waals surface area contributed by atoms with Crippen molar-refractivity contribution < 1.29 is 32.2 Å². The van der Waals surface area contributed by atoms with Crippen LogP contribution >= 0.6 is 0 Å². The van der Waals surface area contributed by atoms with E-state index in [4.69, 9.17) is 9.26 Å². The van der Waals surface area contributed by atoms with Crippen LogP contribution in [0.3, 0.4) is 0 Å². The molecule has 12 heteroatoms. The summed E-state index contributed by atoms with van der Waals surface area (Å²) in [5.74, 6) is -1.24. The minimum absolute atomic E-state index is 0.109. The molecule has 3 rings (SSSR count). The first-order valence-corrected chi connectivity index (χ1v) is 10.9. The Balaban J connectivity index is 1.92. The van der Waals surface area contributed by atoms with Crippen LogP contribution < -0.4 is 5.32 Å². The van der Waals surface area contributed by atoms with Crippen molar-refractivity contribution in [2.75, 3.05) is 11.6 Å². The fourth-order valence-electron chi connectivity index (χ4n) is 2.79. The smallest absolute Gasteiger partial charge is 0.339 e. The first-order chi connectivity index (χ1) is 15.1. The zero-order valence-electron chi connectivity index (χ0n) is 16.8. The number of nitro groups is 1. The van der Waals surface area contributed by atoms with Gasteiger partial charge in [0.1, 0.15) is 10.7 Å². The third-order valence-corrected chi connectivity index (χ3v) is 5.38. The lowest BCUT2D eigenvalue weighted by atomic mass is 10.1. The number of benzene rings is 2. The third kappa shape index (κ3) is 5.16. The lowest BCUT2D eigenvalue weighted by Crippen LogP contribution is -2.26. The summed E-state index contributed by atoms with van der Waals surface area (Å²) in [5, 5.41) is 17.4. The fraction of sp³-hybridized carbons (Fsp3) is 0.150. The van der Waals surface area contributed by atoms with E-state index >= 15 is 0 Å². The van der Waals surface area contributed by atoms with Crippen LogP contribution in [0.5, 0.6) is 0 Å². The van der Waals surface area contributed by atoms with Gasteiger partial charge in [0.25, 0.3) is 11.6 Å². The Morgan fingerprint density at radius 2 is 1.84 bits per heavy atom. The molecule has 1 N–H and O–H groups in total. The zero-order chi connectivity index (χ0) is 23.5. The van der Waals surface area contributed by atoms with Crippen LogP contribution in [0.15, 0.2) is 64.0 Å². The summed E-state index contributed by atoms with van der Waals surface area (Å²) >= 11 is 0. The van der Waals surface area contributed by atoms with Crippen molar-refractivity contribution in [3.05, 3.63) is 81.6 Å². The first kappa shape index (κ1) is 22.6. The molecule has 0 aliphatic carbocycles. The SMILES string of the molecule is Cc1cc(NC(=O)C(OC(=O)c2ccc(S(C)(=O)=O)c([N+](=O)[O-])c2)c2ccccc2)no1. The highest BCUT2D eigenvalue weighted by atomic mass is 32.2. The first-order valence-electron chi connectivity index (χ1n) is 9.05. The second-order valence-corrected chi connectivity index (χ2v) is 8.70. The summed E-state index contributed by atoms with van der Waals surface area (Å²) in [5.41, 5.74) is -0.739. The summed E-state index contributed by atoms with van der Waals surface area (Å²) < 4.78 is 33.8. The van der Waals surface area contributed by atoms with Crippen LogP contribution in [0.2, 0.25) is 0 Å². The molecule has 0 spiro atoms. The Kier molecular flexibility index (Phi) is 6.35.